The van der Waals surface area contributed by atoms with Gasteiger partial charge < -0.3 is 5.11 Å². The van der Waals surface area contributed by atoms with Gasteiger partial charge in [0.25, 0.3) is 0 Å². The summed E-state index contributed by atoms with van der Waals surface area (Å²) in [6.45, 7) is 8.84. The van der Waals surface area contributed by atoms with Gasteiger partial charge in [0.2, 0.25) is 0 Å². The number of carboxylic acid groups (broad SMARTS) is 1. The molecule has 1 saturated heterocycles. The molecule has 0 aliphatic carbocycles. The number of rotatable bonds is 5. The Morgan fingerprint density at radius 3 is 2.54 bits per heavy atom. The van der Waals surface area contributed by atoms with Crippen LogP contribution in [0, 0.1) is 13.8 Å². The number of benzene rings is 2. The second-order valence-corrected chi connectivity index (χ2v) is 6.80. The van der Waals surface area contributed by atoms with E-state index in [0.29, 0.717) is 5.56 Å². The van der Waals surface area contributed by atoms with Crippen molar-refractivity contribution in [3.05, 3.63) is 70.3 Å². The van der Waals surface area contributed by atoms with Crippen molar-refractivity contribution in [1.29, 1.82) is 0 Å². The van der Waals surface area contributed by atoms with Crippen LogP contribution in [0.4, 0.5) is 0 Å². The van der Waals surface area contributed by atoms with E-state index in [1.807, 2.05) is 11.1 Å². The van der Waals surface area contributed by atoms with Crippen molar-refractivity contribution in [1.82, 2.24) is 9.91 Å². The standard InChI is InChI=1S/C21H25N3O2/c1-16-7-8-19(17(2)13-16)15-23-9-11-24(12-10-23)22-14-18-5-3-4-6-20(18)21(25)26/h3-8,13-14H,9-12,15H2,1-2H3,(H,25,26)/b22-14-. The molecule has 1 heterocycles. The first-order valence-corrected chi connectivity index (χ1v) is 8.92. The van der Waals surface area contributed by atoms with Crippen LogP contribution in [0.15, 0.2) is 47.6 Å². The van der Waals surface area contributed by atoms with Crippen LogP contribution in [0.2, 0.25) is 0 Å². The first-order valence-electron chi connectivity index (χ1n) is 8.92. The zero-order chi connectivity index (χ0) is 18.5. The summed E-state index contributed by atoms with van der Waals surface area (Å²) in [5.41, 5.74) is 4.94. The fourth-order valence-corrected chi connectivity index (χ4v) is 3.22. The molecule has 0 atom stereocenters. The summed E-state index contributed by atoms with van der Waals surface area (Å²) in [5.74, 6) is -0.926. The SMILES string of the molecule is Cc1ccc(CN2CCN(/N=C\c3ccccc3C(=O)O)CC2)c(C)c1. The minimum Gasteiger partial charge on any atom is -0.478 e. The van der Waals surface area contributed by atoms with Gasteiger partial charge in [-0.05, 0) is 31.0 Å². The Kier molecular flexibility index (Phi) is 5.68. The number of carboxylic acids is 1. The van der Waals surface area contributed by atoms with E-state index in [9.17, 15) is 9.90 Å². The smallest absolute Gasteiger partial charge is 0.336 e. The van der Waals surface area contributed by atoms with Crippen molar-refractivity contribution in [2.75, 3.05) is 26.2 Å². The molecule has 0 unspecified atom stereocenters. The summed E-state index contributed by atoms with van der Waals surface area (Å²) in [6, 6.07) is 13.6. The van der Waals surface area contributed by atoms with E-state index >= 15 is 0 Å². The Hall–Kier alpha value is -2.66. The van der Waals surface area contributed by atoms with Gasteiger partial charge in [0.1, 0.15) is 0 Å². The Bertz CT molecular complexity index is 809. The third-order valence-corrected chi connectivity index (χ3v) is 4.79. The molecule has 0 bridgehead atoms. The third-order valence-electron chi connectivity index (χ3n) is 4.79. The quantitative estimate of drug-likeness (QED) is 0.841. The molecule has 2 aromatic rings. The largest absolute Gasteiger partial charge is 0.478 e. The van der Waals surface area contributed by atoms with Gasteiger partial charge in [-0.2, -0.15) is 5.10 Å². The molecule has 0 aromatic heterocycles. The van der Waals surface area contributed by atoms with Crippen LogP contribution >= 0.6 is 0 Å². The van der Waals surface area contributed by atoms with Crippen LogP contribution in [0.1, 0.15) is 32.6 Å². The second kappa shape index (κ2) is 8.15. The van der Waals surface area contributed by atoms with E-state index in [4.69, 9.17) is 0 Å². The first kappa shape index (κ1) is 18.1. The van der Waals surface area contributed by atoms with Crippen LogP contribution in [-0.4, -0.2) is 53.4 Å². The summed E-state index contributed by atoms with van der Waals surface area (Å²) in [6.07, 6.45) is 1.66. The topological polar surface area (TPSA) is 56.1 Å². The zero-order valence-electron chi connectivity index (χ0n) is 15.4. The maximum Gasteiger partial charge on any atom is 0.336 e. The molecule has 1 fully saturated rings. The number of hydrogen-bond acceptors (Lipinski definition) is 4. The van der Waals surface area contributed by atoms with Crippen molar-refractivity contribution in [2.24, 2.45) is 5.10 Å². The highest BCUT2D eigenvalue weighted by Crippen LogP contribution is 2.15. The highest BCUT2D eigenvalue weighted by molar-refractivity contribution is 5.98. The van der Waals surface area contributed by atoms with Gasteiger partial charge in [-0.1, -0.05) is 42.0 Å². The number of hydrazone groups is 1. The minimum atomic E-state index is -0.926. The number of aryl methyl sites for hydroxylation is 2. The molecule has 0 amide bonds. The number of aromatic carboxylic acids is 1. The van der Waals surface area contributed by atoms with E-state index in [0.717, 1.165) is 32.7 Å². The average Bonchev–Trinajstić information content (AvgIpc) is 2.63. The lowest BCUT2D eigenvalue weighted by molar-refractivity contribution is 0.0696. The van der Waals surface area contributed by atoms with E-state index < -0.39 is 5.97 Å². The van der Waals surface area contributed by atoms with Gasteiger partial charge >= 0.3 is 5.97 Å². The maximum absolute atomic E-state index is 11.3. The maximum atomic E-state index is 11.3. The molecule has 1 N–H and O–H groups in total. The van der Waals surface area contributed by atoms with E-state index in [-0.39, 0.29) is 5.56 Å². The van der Waals surface area contributed by atoms with Crippen LogP contribution in [0.5, 0.6) is 0 Å². The lowest BCUT2D eigenvalue weighted by atomic mass is 10.1. The highest BCUT2D eigenvalue weighted by atomic mass is 16.4. The van der Waals surface area contributed by atoms with Crippen LogP contribution in [0.3, 0.4) is 0 Å². The molecule has 1 aliphatic heterocycles. The lowest BCUT2D eigenvalue weighted by Crippen LogP contribution is -2.43. The van der Waals surface area contributed by atoms with Gasteiger partial charge in [0.05, 0.1) is 11.8 Å². The summed E-state index contributed by atoms with van der Waals surface area (Å²) in [4.78, 5) is 13.7. The number of carbonyl (C=O) groups is 1. The predicted molar refractivity (Wildman–Crippen MR) is 104 cm³/mol. The van der Waals surface area contributed by atoms with Gasteiger partial charge in [0.15, 0.2) is 0 Å². The molecule has 0 radical (unpaired) electrons. The normalized spacial score (nSPS) is 15.5. The van der Waals surface area contributed by atoms with E-state index in [1.54, 1.807) is 24.4 Å². The summed E-state index contributed by atoms with van der Waals surface area (Å²) in [5, 5.41) is 15.7. The second-order valence-electron chi connectivity index (χ2n) is 6.80. The molecular weight excluding hydrogens is 326 g/mol. The molecule has 136 valence electrons. The number of hydrogen-bond donors (Lipinski definition) is 1. The summed E-state index contributed by atoms with van der Waals surface area (Å²) in [7, 11) is 0. The Morgan fingerprint density at radius 1 is 1.12 bits per heavy atom. The van der Waals surface area contributed by atoms with Crippen molar-refractivity contribution < 1.29 is 9.90 Å². The highest BCUT2D eigenvalue weighted by Gasteiger charge is 2.16. The summed E-state index contributed by atoms with van der Waals surface area (Å²) < 4.78 is 0. The Morgan fingerprint density at radius 2 is 1.85 bits per heavy atom. The van der Waals surface area contributed by atoms with Crippen molar-refractivity contribution >= 4 is 12.2 Å². The fraction of sp³-hybridized carbons (Fsp3) is 0.333. The van der Waals surface area contributed by atoms with Crippen molar-refractivity contribution in [2.45, 2.75) is 20.4 Å². The molecule has 2 aromatic carbocycles. The summed E-state index contributed by atoms with van der Waals surface area (Å²) >= 11 is 0. The van der Waals surface area contributed by atoms with Gasteiger partial charge in [-0.3, -0.25) is 9.91 Å². The van der Waals surface area contributed by atoms with Crippen molar-refractivity contribution in [3.63, 3.8) is 0 Å². The Balaban J connectivity index is 1.56. The lowest BCUT2D eigenvalue weighted by Gasteiger charge is -2.33. The predicted octanol–water partition coefficient (Wildman–Crippen LogP) is 3.15. The van der Waals surface area contributed by atoms with Gasteiger partial charge in [-0.15, -0.1) is 0 Å². The van der Waals surface area contributed by atoms with Crippen molar-refractivity contribution in [3.8, 4) is 0 Å². The average molecular weight is 351 g/mol. The minimum absolute atomic E-state index is 0.282. The zero-order valence-corrected chi connectivity index (χ0v) is 15.4. The number of piperazine rings is 1. The van der Waals surface area contributed by atoms with Crippen LogP contribution < -0.4 is 0 Å². The Labute approximate surface area is 154 Å². The molecule has 3 rings (SSSR count). The fourth-order valence-electron chi connectivity index (χ4n) is 3.22. The molecule has 5 nitrogen and oxygen atoms in total. The third kappa shape index (κ3) is 4.49. The monoisotopic (exact) mass is 351 g/mol. The molecule has 1 aliphatic rings. The van der Waals surface area contributed by atoms with Gasteiger partial charge in [-0.25, -0.2) is 4.79 Å². The molecule has 26 heavy (non-hydrogen) atoms. The van der Waals surface area contributed by atoms with E-state index in [1.165, 1.54) is 16.7 Å². The van der Waals surface area contributed by atoms with E-state index in [2.05, 4.69) is 42.0 Å². The molecule has 5 heteroatoms. The molecule has 0 spiro atoms. The first-order chi connectivity index (χ1) is 12.5. The van der Waals surface area contributed by atoms with Crippen LogP contribution in [-0.2, 0) is 6.54 Å². The molecular formula is C21H25N3O2. The molecule has 0 saturated carbocycles. The number of nitrogens with zero attached hydrogens (tertiary/aromatic N) is 3. The van der Waals surface area contributed by atoms with Crippen LogP contribution in [0.25, 0.3) is 0 Å². The van der Waals surface area contributed by atoms with Gasteiger partial charge in [0, 0.05) is 38.3 Å².